The van der Waals surface area contributed by atoms with Crippen molar-refractivity contribution in [2.75, 3.05) is 26.1 Å². The second kappa shape index (κ2) is 5.72. The number of methoxy groups -OCH3 is 1. The average Bonchev–Trinajstić information content (AvgIpc) is 2.45. The largest absolute Gasteiger partial charge is 0.496 e. The molecule has 1 heterocycles. The van der Waals surface area contributed by atoms with Gasteiger partial charge in [0.05, 0.1) is 24.3 Å². The van der Waals surface area contributed by atoms with Crippen molar-refractivity contribution in [2.24, 2.45) is 0 Å². The van der Waals surface area contributed by atoms with Gasteiger partial charge in [-0.2, -0.15) is 20.2 Å². The Labute approximate surface area is 121 Å². The highest BCUT2D eigenvalue weighted by Gasteiger charge is 2.14. The van der Waals surface area contributed by atoms with Crippen LogP contribution in [0.15, 0.2) is 18.2 Å². The lowest BCUT2D eigenvalue weighted by Gasteiger charge is -2.12. The number of hydrogen-bond donors (Lipinski definition) is 0. The zero-order valence-corrected chi connectivity index (χ0v) is 12.0. The Morgan fingerprint density at radius 2 is 2.00 bits per heavy atom. The van der Waals surface area contributed by atoms with Crippen LogP contribution in [0.4, 0.5) is 5.95 Å². The maximum atomic E-state index is 8.99. The zero-order valence-electron chi connectivity index (χ0n) is 11.3. The molecular formula is C13H12ClN5O. The second-order valence-electron chi connectivity index (χ2n) is 4.15. The van der Waals surface area contributed by atoms with Gasteiger partial charge in [-0.25, -0.2) is 0 Å². The number of anilines is 1. The van der Waals surface area contributed by atoms with E-state index >= 15 is 0 Å². The second-order valence-corrected chi connectivity index (χ2v) is 4.49. The first-order chi connectivity index (χ1) is 9.55. The van der Waals surface area contributed by atoms with E-state index in [1.165, 1.54) is 0 Å². The summed E-state index contributed by atoms with van der Waals surface area (Å²) in [6, 6.07) is 7.09. The van der Waals surface area contributed by atoms with Crippen LogP contribution < -0.4 is 9.64 Å². The van der Waals surface area contributed by atoms with Gasteiger partial charge in [0.25, 0.3) is 0 Å². The number of ether oxygens (including phenoxy) is 1. The van der Waals surface area contributed by atoms with Crippen LogP contribution >= 0.6 is 11.6 Å². The molecule has 0 N–H and O–H groups in total. The van der Waals surface area contributed by atoms with Gasteiger partial charge < -0.3 is 9.64 Å². The van der Waals surface area contributed by atoms with Gasteiger partial charge in [-0.15, -0.1) is 0 Å². The number of halogens is 1. The van der Waals surface area contributed by atoms with Gasteiger partial charge >= 0.3 is 0 Å². The van der Waals surface area contributed by atoms with E-state index in [9.17, 15) is 0 Å². The Morgan fingerprint density at radius 1 is 1.25 bits per heavy atom. The molecule has 0 aliphatic carbocycles. The number of nitriles is 1. The highest BCUT2D eigenvalue weighted by atomic mass is 35.5. The van der Waals surface area contributed by atoms with Crippen molar-refractivity contribution in [3.8, 4) is 23.2 Å². The number of hydrogen-bond acceptors (Lipinski definition) is 6. The molecule has 0 radical (unpaired) electrons. The maximum absolute atomic E-state index is 8.99. The van der Waals surface area contributed by atoms with Gasteiger partial charge in [-0.1, -0.05) is 0 Å². The third-order valence-electron chi connectivity index (χ3n) is 2.57. The van der Waals surface area contributed by atoms with Crippen LogP contribution in [0.2, 0.25) is 5.28 Å². The molecule has 0 bridgehead atoms. The molecule has 20 heavy (non-hydrogen) atoms. The van der Waals surface area contributed by atoms with E-state index in [1.54, 1.807) is 44.3 Å². The fraction of sp³-hybridized carbons (Fsp3) is 0.231. The van der Waals surface area contributed by atoms with E-state index in [2.05, 4.69) is 21.0 Å². The number of rotatable bonds is 3. The van der Waals surface area contributed by atoms with E-state index < -0.39 is 0 Å². The summed E-state index contributed by atoms with van der Waals surface area (Å²) < 4.78 is 5.27. The molecular weight excluding hydrogens is 278 g/mol. The van der Waals surface area contributed by atoms with E-state index in [0.29, 0.717) is 28.6 Å². The van der Waals surface area contributed by atoms with E-state index in [0.717, 1.165) is 0 Å². The quantitative estimate of drug-likeness (QED) is 0.862. The van der Waals surface area contributed by atoms with Gasteiger partial charge in [-0.3, -0.25) is 0 Å². The summed E-state index contributed by atoms with van der Waals surface area (Å²) in [5, 5.41) is 9.08. The normalized spacial score (nSPS) is 9.95. The van der Waals surface area contributed by atoms with Gasteiger partial charge in [-0.05, 0) is 29.8 Å². The summed E-state index contributed by atoms with van der Waals surface area (Å²) in [6.07, 6.45) is 0. The number of aromatic nitrogens is 3. The molecule has 1 aromatic carbocycles. The summed E-state index contributed by atoms with van der Waals surface area (Å²) in [7, 11) is 5.15. The van der Waals surface area contributed by atoms with Crippen molar-refractivity contribution in [3.63, 3.8) is 0 Å². The first-order valence-corrected chi connectivity index (χ1v) is 6.10. The minimum Gasteiger partial charge on any atom is -0.496 e. The smallest absolute Gasteiger partial charge is 0.229 e. The molecule has 0 atom stereocenters. The van der Waals surface area contributed by atoms with Gasteiger partial charge in [0.1, 0.15) is 5.75 Å². The van der Waals surface area contributed by atoms with Crippen molar-refractivity contribution in [1.29, 1.82) is 5.26 Å². The van der Waals surface area contributed by atoms with Crippen LogP contribution in [0.1, 0.15) is 5.56 Å². The molecule has 102 valence electrons. The summed E-state index contributed by atoms with van der Waals surface area (Å²) in [6.45, 7) is 0. The molecule has 0 aliphatic rings. The Morgan fingerprint density at radius 3 is 2.60 bits per heavy atom. The molecule has 6 nitrogen and oxygen atoms in total. The van der Waals surface area contributed by atoms with E-state index in [1.807, 2.05) is 0 Å². The molecule has 1 aromatic heterocycles. The maximum Gasteiger partial charge on any atom is 0.229 e. The van der Waals surface area contributed by atoms with Crippen molar-refractivity contribution < 1.29 is 4.74 Å². The van der Waals surface area contributed by atoms with Gasteiger partial charge in [0, 0.05) is 14.1 Å². The number of benzene rings is 1. The predicted octanol–water partition coefficient (Wildman–Crippen LogP) is 2.14. The first-order valence-electron chi connectivity index (χ1n) is 5.72. The van der Waals surface area contributed by atoms with Crippen LogP contribution in [0.25, 0.3) is 11.4 Å². The van der Waals surface area contributed by atoms with Crippen molar-refractivity contribution in [1.82, 2.24) is 15.0 Å². The number of nitrogens with zero attached hydrogens (tertiary/aromatic N) is 5. The lowest BCUT2D eigenvalue weighted by molar-refractivity contribution is 0.416. The topological polar surface area (TPSA) is 74.9 Å². The zero-order chi connectivity index (χ0) is 14.7. The van der Waals surface area contributed by atoms with Crippen molar-refractivity contribution >= 4 is 17.5 Å². The highest BCUT2D eigenvalue weighted by Crippen LogP contribution is 2.29. The molecule has 0 aliphatic heterocycles. The molecule has 2 rings (SSSR count). The summed E-state index contributed by atoms with van der Waals surface area (Å²) in [5.41, 5.74) is 1.09. The minimum absolute atomic E-state index is 0.0862. The molecule has 2 aromatic rings. The average molecular weight is 290 g/mol. The van der Waals surface area contributed by atoms with E-state index in [4.69, 9.17) is 21.6 Å². The third-order valence-corrected chi connectivity index (χ3v) is 2.73. The molecule has 0 saturated carbocycles. The third kappa shape index (κ3) is 2.78. The van der Waals surface area contributed by atoms with Crippen LogP contribution in [0.5, 0.6) is 5.75 Å². The molecule has 0 saturated heterocycles. The molecule has 0 unspecified atom stereocenters. The highest BCUT2D eigenvalue weighted by molar-refractivity contribution is 6.28. The standard InChI is InChI=1S/C13H12ClN5O/c1-19(2)13-17-11(16-12(14)18-13)9-6-8(7-15)4-5-10(9)20-3/h4-6H,1-3H3. The Hall–Kier alpha value is -2.39. The molecule has 0 fully saturated rings. The minimum atomic E-state index is 0.0862. The fourth-order valence-corrected chi connectivity index (χ4v) is 1.77. The Balaban J connectivity index is 2.64. The fourth-order valence-electron chi connectivity index (χ4n) is 1.61. The van der Waals surface area contributed by atoms with Crippen molar-refractivity contribution in [3.05, 3.63) is 29.0 Å². The molecule has 0 amide bonds. The first kappa shape index (κ1) is 14.0. The van der Waals surface area contributed by atoms with Crippen LogP contribution in [0, 0.1) is 11.3 Å². The molecule has 7 heteroatoms. The van der Waals surface area contributed by atoms with Crippen LogP contribution in [-0.4, -0.2) is 36.2 Å². The lowest BCUT2D eigenvalue weighted by atomic mass is 10.1. The van der Waals surface area contributed by atoms with Gasteiger partial charge in [0.15, 0.2) is 5.82 Å². The van der Waals surface area contributed by atoms with Crippen LogP contribution in [0.3, 0.4) is 0 Å². The summed E-state index contributed by atoms with van der Waals surface area (Å²) in [4.78, 5) is 14.2. The monoisotopic (exact) mass is 289 g/mol. The SMILES string of the molecule is COc1ccc(C#N)cc1-c1nc(Cl)nc(N(C)C)n1. The van der Waals surface area contributed by atoms with E-state index in [-0.39, 0.29) is 5.28 Å². The summed E-state index contributed by atoms with van der Waals surface area (Å²) >= 11 is 5.92. The predicted molar refractivity (Wildman–Crippen MR) is 75.9 cm³/mol. The van der Waals surface area contributed by atoms with Crippen molar-refractivity contribution in [2.45, 2.75) is 0 Å². The Kier molecular flexibility index (Phi) is 4.01. The molecule has 0 spiro atoms. The Bertz CT molecular complexity index is 681. The summed E-state index contributed by atoms with van der Waals surface area (Å²) in [5.74, 6) is 1.36. The lowest BCUT2D eigenvalue weighted by Crippen LogP contribution is -2.14. The van der Waals surface area contributed by atoms with Crippen LogP contribution in [-0.2, 0) is 0 Å². The van der Waals surface area contributed by atoms with Gasteiger partial charge in [0.2, 0.25) is 11.2 Å².